The molecule has 0 atom stereocenters. The minimum Gasteiger partial charge on any atom is -0.478 e. The van der Waals surface area contributed by atoms with Gasteiger partial charge in [-0.15, -0.1) is 0 Å². The van der Waals surface area contributed by atoms with Crippen molar-refractivity contribution in [2.75, 3.05) is 0 Å². The first-order chi connectivity index (χ1) is 7.18. The van der Waals surface area contributed by atoms with Crippen LogP contribution in [-0.2, 0) is 0 Å². The van der Waals surface area contributed by atoms with Gasteiger partial charge in [-0.25, -0.2) is 19.4 Å². The summed E-state index contributed by atoms with van der Waals surface area (Å²) in [7, 11) is 0. The lowest BCUT2D eigenvalue weighted by Crippen LogP contribution is -2.08. The maximum absolute atomic E-state index is 10.9. The second-order valence-electron chi connectivity index (χ2n) is 2.65. The molecule has 0 aromatic carbocycles. The Balaban J connectivity index is 2.63. The van der Waals surface area contributed by atoms with E-state index < -0.39 is 5.97 Å². The van der Waals surface area contributed by atoms with Crippen molar-refractivity contribution in [3.63, 3.8) is 0 Å². The van der Waals surface area contributed by atoms with Gasteiger partial charge in [-0.1, -0.05) is 11.6 Å². The highest BCUT2D eigenvalue weighted by Gasteiger charge is 2.13. The summed E-state index contributed by atoms with van der Waals surface area (Å²) in [4.78, 5) is 18.5. The Hall–Kier alpha value is -1.95. The van der Waals surface area contributed by atoms with E-state index in [0.717, 1.165) is 0 Å². The number of hydrogen-bond acceptors (Lipinski definition) is 4. The summed E-state index contributed by atoms with van der Waals surface area (Å²) in [5, 5.41) is 12.9. The summed E-state index contributed by atoms with van der Waals surface area (Å²) in [5.74, 6) is -0.947. The number of carboxylic acids is 1. The lowest BCUT2D eigenvalue weighted by Gasteiger charge is -2.03. The number of nitrogens with zero attached hydrogens (tertiary/aromatic N) is 4. The van der Waals surface area contributed by atoms with E-state index in [2.05, 4.69) is 15.1 Å². The standard InChI is InChI=1S/C8H5ClN4O2/c9-6-2-1-5(8(14)15)7(12-6)13-4-10-3-11-13/h1-4H,(H,14,15). The van der Waals surface area contributed by atoms with Crippen LogP contribution in [0.5, 0.6) is 0 Å². The molecule has 0 saturated carbocycles. The van der Waals surface area contributed by atoms with Crippen LogP contribution in [0.15, 0.2) is 24.8 Å². The largest absolute Gasteiger partial charge is 0.478 e. The number of pyridine rings is 1. The van der Waals surface area contributed by atoms with Gasteiger partial charge in [-0.05, 0) is 12.1 Å². The van der Waals surface area contributed by atoms with Crippen LogP contribution in [0.25, 0.3) is 5.82 Å². The predicted molar refractivity (Wildman–Crippen MR) is 51.1 cm³/mol. The fourth-order valence-electron chi connectivity index (χ4n) is 1.08. The van der Waals surface area contributed by atoms with Gasteiger partial charge in [-0.2, -0.15) is 5.10 Å². The van der Waals surface area contributed by atoms with Crippen molar-refractivity contribution in [1.29, 1.82) is 0 Å². The summed E-state index contributed by atoms with van der Waals surface area (Å²) >= 11 is 5.67. The molecule has 2 heterocycles. The smallest absolute Gasteiger partial charge is 0.339 e. The van der Waals surface area contributed by atoms with Crippen molar-refractivity contribution in [2.24, 2.45) is 0 Å². The Labute approximate surface area is 89.2 Å². The Morgan fingerprint density at radius 3 is 2.87 bits per heavy atom. The quantitative estimate of drug-likeness (QED) is 0.770. The third-order valence-electron chi connectivity index (χ3n) is 1.71. The first kappa shape index (κ1) is 9.60. The second kappa shape index (κ2) is 3.66. The van der Waals surface area contributed by atoms with Crippen molar-refractivity contribution in [1.82, 2.24) is 19.7 Å². The zero-order valence-corrected chi connectivity index (χ0v) is 8.09. The first-order valence-electron chi connectivity index (χ1n) is 3.93. The molecule has 2 aromatic rings. The Bertz CT molecular complexity index is 497. The number of halogens is 1. The van der Waals surface area contributed by atoms with E-state index in [1.807, 2.05) is 0 Å². The van der Waals surface area contributed by atoms with Gasteiger partial charge < -0.3 is 5.11 Å². The Morgan fingerprint density at radius 2 is 2.27 bits per heavy atom. The molecule has 0 unspecified atom stereocenters. The zero-order chi connectivity index (χ0) is 10.8. The van der Waals surface area contributed by atoms with E-state index in [4.69, 9.17) is 16.7 Å². The highest BCUT2D eigenvalue weighted by molar-refractivity contribution is 6.29. The lowest BCUT2D eigenvalue weighted by molar-refractivity contribution is 0.0696. The average Bonchev–Trinajstić information content (AvgIpc) is 2.69. The van der Waals surface area contributed by atoms with Gasteiger partial charge in [0.25, 0.3) is 0 Å². The van der Waals surface area contributed by atoms with Gasteiger partial charge in [0.1, 0.15) is 23.4 Å². The molecular formula is C8H5ClN4O2. The molecular weight excluding hydrogens is 220 g/mol. The van der Waals surface area contributed by atoms with Gasteiger partial charge in [0.2, 0.25) is 0 Å². The Morgan fingerprint density at radius 1 is 1.47 bits per heavy atom. The Kier molecular flexibility index (Phi) is 2.34. The molecule has 0 aliphatic carbocycles. The molecule has 7 heteroatoms. The van der Waals surface area contributed by atoms with Crippen LogP contribution in [-0.4, -0.2) is 30.8 Å². The van der Waals surface area contributed by atoms with Gasteiger partial charge in [0.15, 0.2) is 5.82 Å². The number of aromatic carboxylic acids is 1. The molecule has 0 spiro atoms. The third-order valence-corrected chi connectivity index (χ3v) is 1.92. The first-order valence-corrected chi connectivity index (χ1v) is 4.31. The second-order valence-corrected chi connectivity index (χ2v) is 3.04. The normalized spacial score (nSPS) is 10.2. The minimum absolute atomic E-state index is 0.0184. The topological polar surface area (TPSA) is 80.9 Å². The zero-order valence-electron chi connectivity index (χ0n) is 7.33. The number of aromatic nitrogens is 4. The fraction of sp³-hybridized carbons (Fsp3) is 0. The number of carbonyl (C=O) groups is 1. The highest BCUT2D eigenvalue weighted by atomic mass is 35.5. The molecule has 2 rings (SSSR count). The van der Waals surface area contributed by atoms with Crippen LogP contribution in [0.3, 0.4) is 0 Å². The van der Waals surface area contributed by atoms with Crippen LogP contribution in [0.4, 0.5) is 0 Å². The lowest BCUT2D eigenvalue weighted by atomic mass is 10.2. The number of rotatable bonds is 2. The summed E-state index contributed by atoms with van der Waals surface area (Å²) < 4.78 is 1.25. The molecule has 0 aliphatic heterocycles. The van der Waals surface area contributed by atoms with E-state index in [0.29, 0.717) is 0 Å². The SMILES string of the molecule is O=C(O)c1ccc(Cl)nc1-n1cncn1. The molecule has 15 heavy (non-hydrogen) atoms. The highest BCUT2D eigenvalue weighted by Crippen LogP contribution is 2.14. The van der Waals surface area contributed by atoms with E-state index in [1.165, 1.54) is 29.5 Å². The molecule has 0 saturated heterocycles. The predicted octanol–water partition coefficient (Wildman–Crippen LogP) is 1.01. The van der Waals surface area contributed by atoms with E-state index in [9.17, 15) is 4.79 Å². The summed E-state index contributed by atoms with van der Waals surface area (Å²) in [6.45, 7) is 0. The molecule has 6 nitrogen and oxygen atoms in total. The van der Waals surface area contributed by atoms with Crippen molar-refractivity contribution in [3.8, 4) is 5.82 Å². The average molecular weight is 225 g/mol. The van der Waals surface area contributed by atoms with Crippen molar-refractivity contribution >= 4 is 17.6 Å². The molecule has 0 radical (unpaired) electrons. The number of carboxylic acid groups (broad SMARTS) is 1. The molecule has 1 N–H and O–H groups in total. The van der Waals surface area contributed by atoms with Crippen LogP contribution in [0.1, 0.15) is 10.4 Å². The van der Waals surface area contributed by atoms with Crippen molar-refractivity contribution in [2.45, 2.75) is 0 Å². The monoisotopic (exact) mass is 224 g/mol. The van der Waals surface area contributed by atoms with Gasteiger partial charge in [0, 0.05) is 0 Å². The fourth-order valence-corrected chi connectivity index (χ4v) is 1.23. The molecule has 2 aromatic heterocycles. The number of hydrogen-bond donors (Lipinski definition) is 1. The third kappa shape index (κ3) is 1.79. The molecule has 0 aliphatic rings. The van der Waals surface area contributed by atoms with Gasteiger partial charge in [-0.3, -0.25) is 0 Å². The molecule has 76 valence electrons. The van der Waals surface area contributed by atoms with Crippen molar-refractivity contribution < 1.29 is 9.90 Å². The van der Waals surface area contributed by atoms with Crippen LogP contribution in [0, 0.1) is 0 Å². The molecule has 0 amide bonds. The maximum Gasteiger partial charge on any atom is 0.339 e. The van der Waals surface area contributed by atoms with E-state index >= 15 is 0 Å². The minimum atomic E-state index is -1.09. The van der Waals surface area contributed by atoms with Gasteiger partial charge >= 0.3 is 5.97 Å². The molecule has 0 fully saturated rings. The van der Waals surface area contributed by atoms with E-state index in [-0.39, 0.29) is 16.5 Å². The van der Waals surface area contributed by atoms with E-state index in [1.54, 1.807) is 0 Å². The van der Waals surface area contributed by atoms with Crippen molar-refractivity contribution in [3.05, 3.63) is 35.5 Å². The molecule has 0 bridgehead atoms. The van der Waals surface area contributed by atoms with Crippen LogP contribution >= 0.6 is 11.6 Å². The summed E-state index contributed by atoms with van der Waals surface area (Å²) in [5.41, 5.74) is 0.0184. The van der Waals surface area contributed by atoms with Gasteiger partial charge in [0.05, 0.1) is 0 Å². The van der Waals surface area contributed by atoms with Crippen LogP contribution in [0.2, 0.25) is 5.15 Å². The van der Waals surface area contributed by atoms with Crippen LogP contribution < -0.4 is 0 Å². The summed E-state index contributed by atoms with van der Waals surface area (Å²) in [6, 6.07) is 2.78. The maximum atomic E-state index is 10.9. The summed E-state index contributed by atoms with van der Waals surface area (Å²) in [6.07, 6.45) is 2.64.